The van der Waals surface area contributed by atoms with Crippen LogP contribution in [0.2, 0.25) is 0 Å². The molecule has 0 saturated carbocycles. The second-order valence-electron chi connectivity index (χ2n) is 8.67. The second-order valence-corrected chi connectivity index (χ2v) is 9.65. The van der Waals surface area contributed by atoms with Crippen molar-refractivity contribution in [2.75, 3.05) is 12.0 Å². The summed E-state index contributed by atoms with van der Waals surface area (Å²) in [4.78, 5) is 25.0. The van der Waals surface area contributed by atoms with Crippen LogP contribution in [0.5, 0.6) is 0 Å². The molecule has 0 aliphatic rings. The molecule has 0 spiro atoms. The minimum atomic E-state index is -1.02. The van der Waals surface area contributed by atoms with Crippen molar-refractivity contribution in [2.24, 2.45) is 0 Å². The van der Waals surface area contributed by atoms with E-state index in [4.69, 9.17) is 0 Å². The van der Waals surface area contributed by atoms with Crippen LogP contribution < -0.4 is 5.32 Å². The first-order valence-corrected chi connectivity index (χ1v) is 13.3. The van der Waals surface area contributed by atoms with Crippen molar-refractivity contribution in [3.05, 3.63) is 107 Å². The van der Waals surface area contributed by atoms with E-state index in [0.717, 1.165) is 27.8 Å². The Morgan fingerprint density at radius 1 is 0.917 bits per heavy atom. The van der Waals surface area contributed by atoms with Gasteiger partial charge < -0.3 is 10.4 Å². The maximum atomic E-state index is 13.3. The molecule has 4 nitrogen and oxygen atoms in total. The van der Waals surface area contributed by atoms with Gasteiger partial charge in [0.2, 0.25) is 0 Å². The number of hydrogen-bond donors (Lipinski definition) is 2. The SMILES string of the molecule is CSCC[C@H](NC(=O)c1ccc(C=Cc2cccc3ccccc23)cc1-c1ccccc1C)C(=O)O. The highest BCUT2D eigenvalue weighted by Gasteiger charge is 2.22. The normalized spacial score (nSPS) is 12.1. The molecule has 36 heavy (non-hydrogen) atoms. The maximum Gasteiger partial charge on any atom is 0.326 e. The van der Waals surface area contributed by atoms with Gasteiger partial charge in [-0.25, -0.2) is 4.79 Å². The lowest BCUT2D eigenvalue weighted by Gasteiger charge is -2.17. The topological polar surface area (TPSA) is 66.4 Å². The van der Waals surface area contributed by atoms with E-state index < -0.39 is 12.0 Å². The van der Waals surface area contributed by atoms with Crippen molar-refractivity contribution in [3.63, 3.8) is 0 Å². The molecule has 0 aliphatic heterocycles. The molecule has 0 aliphatic carbocycles. The molecular weight excluding hydrogens is 466 g/mol. The molecule has 0 bridgehead atoms. The van der Waals surface area contributed by atoms with E-state index in [2.05, 4.69) is 35.7 Å². The molecule has 4 aromatic carbocycles. The molecule has 0 radical (unpaired) electrons. The van der Waals surface area contributed by atoms with E-state index in [1.165, 1.54) is 10.8 Å². The first-order valence-electron chi connectivity index (χ1n) is 11.9. The van der Waals surface area contributed by atoms with Gasteiger partial charge in [0.15, 0.2) is 0 Å². The number of carbonyl (C=O) groups is 2. The molecule has 5 heteroatoms. The highest BCUT2D eigenvalue weighted by atomic mass is 32.2. The molecule has 1 atom stereocenters. The Kier molecular flexibility index (Phi) is 8.24. The summed E-state index contributed by atoms with van der Waals surface area (Å²) < 4.78 is 0. The number of aryl methyl sites for hydroxylation is 1. The monoisotopic (exact) mass is 495 g/mol. The lowest BCUT2D eigenvalue weighted by Crippen LogP contribution is -2.41. The van der Waals surface area contributed by atoms with Gasteiger partial charge in [0, 0.05) is 5.56 Å². The maximum absolute atomic E-state index is 13.3. The van der Waals surface area contributed by atoms with Crippen molar-refractivity contribution in [2.45, 2.75) is 19.4 Å². The van der Waals surface area contributed by atoms with E-state index in [0.29, 0.717) is 17.7 Å². The van der Waals surface area contributed by atoms with Crippen LogP contribution in [0, 0.1) is 6.92 Å². The number of thioether (sulfide) groups is 1. The summed E-state index contributed by atoms with van der Waals surface area (Å²) in [7, 11) is 0. The third kappa shape index (κ3) is 5.86. The number of benzene rings is 4. The Hall–Kier alpha value is -3.83. The summed E-state index contributed by atoms with van der Waals surface area (Å²) in [5.41, 5.74) is 5.29. The average Bonchev–Trinajstić information content (AvgIpc) is 2.89. The van der Waals surface area contributed by atoms with Gasteiger partial charge in [-0.3, -0.25) is 4.79 Å². The first kappa shape index (κ1) is 25.3. The number of nitrogens with one attached hydrogen (secondary N) is 1. The Labute approximate surface area is 216 Å². The van der Waals surface area contributed by atoms with Crippen LogP contribution in [0.15, 0.2) is 84.9 Å². The molecule has 0 saturated heterocycles. The highest BCUT2D eigenvalue weighted by Crippen LogP contribution is 2.29. The summed E-state index contributed by atoms with van der Waals surface area (Å²) in [6, 6.07) is 27.2. The number of carboxylic acids is 1. The van der Waals surface area contributed by atoms with E-state index in [1.807, 2.05) is 73.9 Å². The molecular formula is C31H29NO3S. The molecule has 0 fully saturated rings. The van der Waals surface area contributed by atoms with Crippen molar-refractivity contribution in [3.8, 4) is 11.1 Å². The van der Waals surface area contributed by atoms with Crippen LogP contribution in [0.1, 0.15) is 33.5 Å². The summed E-state index contributed by atoms with van der Waals surface area (Å²) in [6.07, 6.45) is 6.42. The summed E-state index contributed by atoms with van der Waals surface area (Å²) in [5.74, 6) is -0.754. The predicted molar refractivity (Wildman–Crippen MR) is 151 cm³/mol. The summed E-state index contributed by atoms with van der Waals surface area (Å²) in [5, 5.41) is 14.7. The molecule has 2 N–H and O–H groups in total. The number of rotatable bonds is 9. The lowest BCUT2D eigenvalue weighted by molar-refractivity contribution is -0.139. The zero-order chi connectivity index (χ0) is 25.5. The summed E-state index contributed by atoms with van der Waals surface area (Å²) >= 11 is 1.56. The molecule has 0 unspecified atom stereocenters. The van der Waals surface area contributed by atoms with E-state index in [-0.39, 0.29) is 5.91 Å². The van der Waals surface area contributed by atoms with Gasteiger partial charge in [0.05, 0.1) is 0 Å². The van der Waals surface area contributed by atoms with Crippen LogP contribution in [0.4, 0.5) is 0 Å². The van der Waals surface area contributed by atoms with Crippen molar-refractivity contribution < 1.29 is 14.7 Å². The van der Waals surface area contributed by atoms with Crippen molar-refractivity contribution >= 4 is 46.6 Å². The number of carbonyl (C=O) groups excluding carboxylic acids is 1. The largest absolute Gasteiger partial charge is 0.480 e. The van der Waals surface area contributed by atoms with E-state index >= 15 is 0 Å². The minimum absolute atomic E-state index is 0.369. The van der Waals surface area contributed by atoms with Gasteiger partial charge in [-0.2, -0.15) is 11.8 Å². The van der Waals surface area contributed by atoms with Crippen LogP contribution in [0.25, 0.3) is 34.1 Å². The number of amides is 1. The van der Waals surface area contributed by atoms with Crippen LogP contribution in [0.3, 0.4) is 0 Å². The van der Waals surface area contributed by atoms with Crippen molar-refractivity contribution in [1.29, 1.82) is 0 Å². The quantitative estimate of drug-likeness (QED) is 0.247. The molecule has 4 rings (SSSR count). The number of aliphatic carboxylic acids is 1. The number of carboxylic acid groups (broad SMARTS) is 1. The molecule has 182 valence electrons. The molecule has 1 amide bonds. The van der Waals surface area contributed by atoms with Gasteiger partial charge in [-0.05, 0) is 76.1 Å². The standard InChI is InChI=1S/C31H29NO3S/c1-21-8-3-5-12-25(21)28-20-22(14-16-24-11-7-10-23-9-4-6-13-26(23)24)15-17-27(28)30(33)32-29(31(34)35)18-19-36-2/h3-17,20,29H,18-19H2,1-2H3,(H,32,33)(H,34,35)/t29-/m0/s1. The molecule has 0 heterocycles. The Morgan fingerprint density at radius 2 is 1.67 bits per heavy atom. The van der Waals surface area contributed by atoms with Gasteiger partial charge >= 0.3 is 5.97 Å². The van der Waals surface area contributed by atoms with Gasteiger partial charge in [0.1, 0.15) is 6.04 Å². The van der Waals surface area contributed by atoms with Gasteiger partial charge in [-0.15, -0.1) is 0 Å². The van der Waals surface area contributed by atoms with Crippen LogP contribution in [-0.4, -0.2) is 35.0 Å². The van der Waals surface area contributed by atoms with Crippen LogP contribution >= 0.6 is 11.8 Å². The second kappa shape index (κ2) is 11.7. The molecule has 0 aromatic heterocycles. The fraction of sp³-hybridized carbons (Fsp3) is 0.161. The third-order valence-corrected chi connectivity index (χ3v) is 6.86. The fourth-order valence-electron chi connectivity index (χ4n) is 4.27. The van der Waals surface area contributed by atoms with Crippen molar-refractivity contribution in [1.82, 2.24) is 5.32 Å². The highest BCUT2D eigenvalue weighted by molar-refractivity contribution is 7.98. The van der Waals surface area contributed by atoms with E-state index in [9.17, 15) is 14.7 Å². The minimum Gasteiger partial charge on any atom is -0.480 e. The van der Waals surface area contributed by atoms with Gasteiger partial charge in [-0.1, -0.05) is 84.9 Å². The first-order chi connectivity index (χ1) is 17.5. The smallest absolute Gasteiger partial charge is 0.326 e. The number of fused-ring (bicyclic) bond motifs is 1. The summed E-state index contributed by atoms with van der Waals surface area (Å²) in [6.45, 7) is 2.01. The Balaban J connectivity index is 1.72. The molecule has 4 aromatic rings. The average molecular weight is 496 g/mol. The van der Waals surface area contributed by atoms with Crippen LogP contribution in [-0.2, 0) is 4.79 Å². The fourth-order valence-corrected chi connectivity index (χ4v) is 4.74. The lowest BCUT2D eigenvalue weighted by atomic mass is 9.93. The Bertz CT molecular complexity index is 1420. The zero-order valence-corrected chi connectivity index (χ0v) is 21.2. The zero-order valence-electron chi connectivity index (χ0n) is 20.4. The Morgan fingerprint density at radius 3 is 2.44 bits per heavy atom. The number of hydrogen-bond acceptors (Lipinski definition) is 3. The predicted octanol–water partition coefficient (Wildman–Crippen LogP) is 6.92. The third-order valence-electron chi connectivity index (χ3n) is 6.22. The van der Waals surface area contributed by atoms with Gasteiger partial charge in [0.25, 0.3) is 5.91 Å². The van der Waals surface area contributed by atoms with E-state index in [1.54, 1.807) is 17.8 Å².